The number of aliphatic carboxylic acids is 1. The molecule has 0 aliphatic rings. The summed E-state index contributed by atoms with van der Waals surface area (Å²) in [5.74, 6) is -1.17. The fourth-order valence-corrected chi connectivity index (χ4v) is 1.91. The number of carboxylic acid groups (broad SMARTS) is 1. The van der Waals surface area contributed by atoms with Crippen molar-refractivity contribution in [2.45, 2.75) is 19.8 Å². The number of methoxy groups -OCH3 is 1. The number of carbonyl (C=O) groups is 1. The Labute approximate surface area is 114 Å². The lowest BCUT2D eigenvalue weighted by Gasteiger charge is -2.13. The van der Waals surface area contributed by atoms with Crippen LogP contribution < -0.4 is 0 Å². The molecule has 0 bridgehead atoms. The number of ether oxygens (including phenoxy) is 2. The molecule has 0 radical (unpaired) electrons. The third-order valence-corrected chi connectivity index (χ3v) is 2.96. The second-order valence-electron chi connectivity index (χ2n) is 4.62. The zero-order valence-corrected chi connectivity index (χ0v) is 11.6. The van der Waals surface area contributed by atoms with E-state index in [0.29, 0.717) is 32.7 Å². The van der Waals surface area contributed by atoms with Crippen molar-refractivity contribution in [2.24, 2.45) is 5.92 Å². The number of hydrogen-bond acceptors (Lipinski definition) is 3. The van der Waals surface area contributed by atoms with E-state index in [9.17, 15) is 9.90 Å². The van der Waals surface area contributed by atoms with E-state index in [4.69, 9.17) is 9.47 Å². The third kappa shape index (κ3) is 6.36. The van der Waals surface area contributed by atoms with Crippen molar-refractivity contribution in [3.8, 4) is 0 Å². The van der Waals surface area contributed by atoms with Gasteiger partial charge in [0, 0.05) is 13.7 Å². The molecule has 1 rings (SSSR count). The Hall–Kier alpha value is -1.39. The van der Waals surface area contributed by atoms with Crippen LogP contribution in [-0.4, -0.2) is 38.0 Å². The maximum atomic E-state index is 11.2. The van der Waals surface area contributed by atoms with Crippen LogP contribution >= 0.6 is 0 Å². The Bertz CT molecular complexity index is 389. The number of aryl methyl sites for hydroxylation is 1. The van der Waals surface area contributed by atoms with Gasteiger partial charge in [-0.05, 0) is 25.3 Å². The molecule has 1 N–H and O–H groups in total. The predicted octanol–water partition coefficient (Wildman–Crippen LogP) is 2.29. The lowest BCUT2D eigenvalue weighted by atomic mass is 9.96. The highest BCUT2D eigenvalue weighted by Crippen LogP contribution is 2.14. The largest absolute Gasteiger partial charge is 0.481 e. The average Bonchev–Trinajstić information content (AvgIpc) is 2.37. The fourth-order valence-electron chi connectivity index (χ4n) is 1.91. The molecule has 1 aromatic carbocycles. The van der Waals surface area contributed by atoms with Crippen LogP contribution in [0.4, 0.5) is 0 Å². The van der Waals surface area contributed by atoms with Crippen LogP contribution in [-0.2, 0) is 20.7 Å². The Morgan fingerprint density at radius 3 is 2.74 bits per heavy atom. The molecule has 1 unspecified atom stereocenters. The molecule has 0 aliphatic heterocycles. The summed E-state index contributed by atoms with van der Waals surface area (Å²) >= 11 is 0. The molecule has 0 amide bonds. The molecule has 19 heavy (non-hydrogen) atoms. The van der Waals surface area contributed by atoms with Gasteiger partial charge < -0.3 is 14.6 Å². The summed E-state index contributed by atoms with van der Waals surface area (Å²) in [6.45, 7) is 3.50. The molecule has 0 saturated carbocycles. The summed E-state index contributed by atoms with van der Waals surface area (Å²) in [6, 6.07) is 7.96. The van der Waals surface area contributed by atoms with E-state index < -0.39 is 11.9 Å². The van der Waals surface area contributed by atoms with Gasteiger partial charge >= 0.3 is 5.97 Å². The monoisotopic (exact) mass is 266 g/mol. The van der Waals surface area contributed by atoms with E-state index in [1.807, 2.05) is 31.2 Å². The minimum absolute atomic E-state index is 0.399. The van der Waals surface area contributed by atoms with Gasteiger partial charge in [-0.15, -0.1) is 0 Å². The lowest BCUT2D eigenvalue weighted by Crippen LogP contribution is -2.19. The van der Waals surface area contributed by atoms with E-state index in [-0.39, 0.29) is 0 Å². The molecular weight excluding hydrogens is 244 g/mol. The highest BCUT2D eigenvalue weighted by molar-refractivity contribution is 5.70. The van der Waals surface area contributed by atoms with Crippen LogP contribution in [0.25, 0.3) is 0 Å². The first kappa shape index (κ1) is 15.7. The molecule has 0 heterocycles. The summed E-state index contributed by atoms with van der Waals surface area (Å²) in [4.78, 5) is 11.2. The van der Waals surface area contributed by atoms with Crippen LogP contribution in [0.15, 0.2) is 24.3 Å². The van der Waals surface area contributed by atoms with Crippen LogP contribution in [0.5, 0.6) is 0 Å². The van der Waals surface area contributed by atoms with Gasteiger partial charge in [-0.1, -0.05) is 29.8 Å². The van der Waals surface area contributed by atoms with Crippen molar-refractivity contribution in [1.29, 1.82) is 0 Å². The Morgan fingerprint density at radius 1 is 1.32 bits per heavy atom. The van der Waals surface area contributed by atoms with Crippen molar-refractivity contribution in [3.05, 3.63) is 35.4 Å². The molecule has 0 spiro atoms. The van der Waals surface area contributed by atoms with Gasteiger partial charge in [-0.25, -0.2) is 0 Å². The van der Waals surface area contributed by atoms with Crippen LogP contribution in [0, 0.1) is 12.8 Å². The summed E-state index contributed by atoms with van der Waals surface area (Å²) < 4.78 is 10.2. The second kappa shape index (κ2) is 8.67. The summed E-state index contributed by atoms with van der Waals surface area (Å²) in [6.07, 6.45) is 1.07. The highest BCUT2D eigenvalue weighted by atomic mass is 16.5. The van der Waals surface area contributed by atoms with E-state index in [1.54, 1.807) is 7.11 Å². The predicted molar refractivity (Wildman–Crippen MR) is 73.3 cm³/mol. The van der Waals surface area contributed by atoms with E-state index in [2.05, 4.69) is 0 Å². The SMILES string of the molecule is COCCOCCC(Cc1cccc(C)c1)C(=O)O. The van der Waals surface area contributed by atoms with E-state index in [1.165, 1.54) is 0 Å². The molecule has 4 heteroatoms. The molecule has 0 aliphatic carbocycles. The van der Waals surface area contributed by atoms with Crippen LogP contribution in [0.3, 0.4) is 0 Å². The standard InChI is InChI=1S/C15H22O4/c1-12-4-3-5-13(10-12)11-14(15(16)17)6-7-19-9-8-18-2/h3-5,10,14H,6-9,11H2,1-2H3,(H,16,17). The van der Waals surface area contributed by atoms with Gasteiger partial charge in [-0.2, -0.15) is 0 Å². The van der Waals surface area contributed by atoms with Crippen molar-refractivity contribution >= 4 is 5.97 Å². The summed E-state index contributed by atoms with van der Waals surface area (Å²) in [5, 5.41) is 9.23. The van der Waals surface area contributed by atoms with E-state index in [0.717, 1.165) is 11.1 Å². The Balaban J connectivity index is 2.42. The topological polar surface area (TPSA) is 55.8 Å². The van der Waals surface area contributed by atoms with Crippen molar-refractivity contribution in [3.63, 3.8) is 0 Å². The van der Waals surface area contributed by atoms with Gasteiger partial charge in [0.2, 0.25) is 0 Å². The summed E-state index contributed by atoms with van der Waals surface area (Å²) in [7, 11) is 1.61. The first-order chi connectivity index (χ1) is 9.13. The number of benzene rings is 1. The minimum atomic E-state index is -0.767. The number of hydrogen-bond donors (Lipinski definition) is 1. The average molecular weight is 266 g/mol. The van der Waals surface area contributed by atoms with Crippen molar-refractivity contribution < 1.29 is 19.4 Å². The molecule has 0 aromatic heterocycles. The third-order valence-electron chi connectivity index (χ3n) is 2.96. The van der Waals surface area contributed by atoms with Crippen molar-refractivity contribution in [1.82, 2.24) is 0 Å². The van der Waals surface area contributed by atoms with Gasteiger partial charge in [0.15, 0.2) is 0 Å². The quantitative estimate of drug-likeness (QED) is 0.697. The Kier molecular flexibility index (Phi) is 7.15. The number of carboxylic acids is 1. The van der Waals surface area contributed by atoms with Gasteiger partial charge in [-0.3, -0.25) is 4.79 Å². The number of rotatable bonds is 9. The maximum absolute atomic E-state index is 11.2. The first-order valence-corrected chi connectivity index (χ1v) is 6.48. The second-order valence-corrected chi connectivity index (χ2v) is 4.62. The van der Waals surface area contributed by atoms with Gasteiger partial charge in [0.05, 0.1) is 19.1 Å². The van der Waals surface area contributed by atoms with Gasteiger partial charge in [0.1, 0.15) is 0 Å². The van der Waals surface area contributed by atoms with Crippen molar-refractivity contribution in [2.75, 3.05) is 26.9 Å². The normalized spacial score (nSPS) is 12.3. The molecule has 106 valence electrons. The molecule has 0 fully saturated rings. The highest BCUT2D eigenvalue weighted by Gasteiger charge is 2.17. The molecule has 1 aromatic rings. The smallest absolute Gasteiger partial charge is 0.306 e. The van der Waals surface area contributed by atoms with Gasteiger partial charge in [0.25, 0.3) is 0 Å². The molecule has 1 atom stereocenters. The van der Waals surface area contributed by atoms with E-state index >= 15 is 0 Å². The molecular formula is C15H22O4. The Morgan fingerprint density at radius 2 is 2.11 bits per heavy atom. The zero-order valence-electron chi connectivity index (χ0n) is 11.6. The zero-order chi connectivity index (χ0) is 14.1. The lowest BCUT2D eigenvalue weighted by molar-refractivity contribution is -0.142. The maximum Gasteiger partial charge on any atom is 0.306 e. The van der Waals surface area contributed by atoms with Crippen LogP contribution in [0.1, 0.15) is 17.5 Å². The minimum Gasteiger partial charge on any atom is -0.481 e. The molecule has 0 saturated heterocycles. The first-order valence-electron chi connectivity index (χ1n) is 6.48. The summed E-state index contributed by atoms with van der Waals surface area (Å²) in [5.41, 5.74) is 2.21. The van der Waals surface area contributed by atoms with Crippen LogP contribution in [0.2, 0.25) is 0 Å². The fraction of sp³-hybridized carbons (Fsp3) is 0.533. The molecule has 4 nitrogen and oxygen atoms in total.